The number of hydrogen-bond donors (Lipinski definition) is 1. The maximum atomic E-state index is 11.9. The molecular weight excluding hydrogens is 729 g/mol. The average molecular weight is 795 g/mol. The Bertz CT molecular complexity index is 1510. The lowest BCUT2D eigenvalue weighted by atomic mass is 9.93. The van der Waals surface area contributed by atoms with Crippen LogP contribution in [0.3, 0.4) is 0 Å². The van der Waals surface area contributed by atoms with Gasteiger partial charge in [0, 0.05) is 12.7 Å². The molecule has 1 aliphatic rings. The molecule has 1 heterocycles. The van der Waals surface area contributed by atoms with Crippen molar-refractivity contribution in [1.29, 1.82) is 0 Å². The lowest BCUT2D eigenvalue weighted by Crippen LogP contribution is -2.66. The molecule has 3 aromatic rings. The van der Waals surface area contributed by atoms with Crippen molar-refractivity contribution >= 4 is 41.3 Å². The number of aliphatic carboxylic acids is 1. The van der Waals surface area contributed by atoms with Crippen LogP contribution in [0.5, 0.6) is 5.75 Å². The summed E-state index contributed by atoms with van der Waals surface area (Å²) < 4.78 is 39.5. The van der Waals surface area contributed by atoms with Crippen molar-refractivity contribution in [2.45, 2.75) is 141 Å². The molecule has 54 heavy (non-hydrogen) atoms. The largest absolute Gasteiger partial charge is 0.497 e. The van der Waals surface area contributed by atoms with Gasteiger partial charge in [-0.1, -0.05) is 93.6 Å². The summed E-state index contributed by atoms with van der Waals surface area (Å²) in [7, 11) is -4.93. The van der Waals surface area contributed by atoms with Crippen LogP contribution < -0.4 is 15.1 Å². The molecular formula is C43H66O8Si3. The molecule has 1 unspecified atom stereocenters. The van der Waals surface area contributed by atoms with E-state index in [2.05, 4.69) is 121 Å². The minimum Gasteiger partial charge on any atom is -0.497 e. The van der Waals surface area contributed by atoms with Gasteiger partial charge in [-0.3, -0.25) is 4.79 Å². The third-order valence-corrected chi connectivity index (χ3v) is 16.9. The Morgan fingerprint density at radius 1 is 0.796 bits per heavy atom. The molecule has 0 spiro atoms. The van der Waals surface area contributed by atoms with Crippen molar-refractivity contribution in [3.05, 3.63) is 90.5 Å². The van der Waals surface area contributed by atoms with Crippen LogP contribution in [0.4, 0.5) is 0 Å². The second-order valence-corrected chi connectivity index (χ2v) is 30.9. The van der Waals surface area contributed by atoms with E-state index in [9.17, 15) is 9.90 Å². The molecule has 1 saturated heterocycles. The molecule has 298 valence electrons. The minimum atomic E-state index is -2.74. The maximum absolute atomic E-state index is 11.9. The number of carboxylic acids is 1. The van der Waals surface area contributed by atoms with Gasteiger partial charge in [-0.2, -0.15) is 0 Å². The Labute approximate surface area is 328 Å². The summed E-state index contributed by atoms with van der Waals surface area (Å²) in [6, 6.07) is 29.5. The van der Waals surface area contributed by atoms with Gasteiger partial charge < -0.3 is 32.6 Å². The van der Waals surface area contributed by atoms with Crippen LogP contribution in [0, 0.1) is 0 Å². The molecule has 11 heteroatoms. The van der Waals surface area contributed by atoms with Gasteiger partial charge in [0.1, 0.15) is 5.75 Å². The van der Waals surface area contributed by atoms with E-state index in [1.54, 1.807) is 7.11 Å². The number of carbonyl (C=O) groups is 1. The van der Waals surface area contributed by atoms with Gasteiger partial charge in [-0.25, -0.2) is 0 Å². The van der Waals surface area contributed by atoms with E-state index in [4.69, 9.17) is 27.5 Å². The zero-order chi connectivity index (χ0) is 39.6. The number of rotatable bonds is 20. The van der Waals surface area contributed by atoms with Gasteiger partial charge in [0.2, 0.25) is 0 Å². The summed E-state index contributed by atoms with van der Waals surface area (Å²) in [6.45, 7) is 20.8. The standard InChI is InChI=1S/C43H66O8Si3/c1-43(2,3)54(40-17-13-11-14-18-40,41-19-15-12-16-20-41)48-26-25-35(47-32-33-21-23-34(46-4)24-22-33)27-36-28-38(50-52(5,6)7)29-37(49-36)30-39(31-42(44)45)51-53(8,9)10/h11-24,35-39H,25-32H2,1-10H3,(H,44,45)/t35-,36-,37-,38-,39?/m1/s1. The smallest absolute Gasteiger partial charge is 0.305 e. The highest BCUT2D eigenvalue weighted by Crippen LogP contribution is 2.37. The number of hydrogen-bond acceptors (Lipinski definition) is 7. The fourth-order valence-electron chi connectivity index (χ4n) is 7.73. The van der Waals surface area contributed by atoms with Gasteiger partial charge >= 0.3 is 5.97 Å². The van der Waals surface area contributed by atoms with Crippen molar-refractivity contribution in [2.24, 2.45) is 0 Å². The molecule has 1 aliphatic heterocycles. The topological polar surface area (TPSA) is 92.7 Å². The normalized spacial score (nSPS) is 19.6. The first-order valence-corrected chi connectivity index (χ1v) is 28.3. The van der Waals surface area contributed by atoms with Crippen LogP contribution >= 0.6 is 0 Å². The van der Waals surface area contributed by atoms with Gasteiger partial charge in [-0.15, -0.1) is 0 Å². The number of methoxy groups -OCH3 is 1. The second kappa shape index (κ2) is 19.5. The van der Waals surface area contributed by atoms with E-state index >= 15 is 0 Å². The van der Waals surface area contributed by atoms with E-state index < -0.39 is 37.0 Å². The van der Waals surface area contributed by atoms with E-state index in [0.717, 1.165) is 24.2 Å². The quantitative estimate of drug-likeness (QED) is 0.114. The molecule has 0 radical (unpaired) electrons. The Kier molecular flexibility index (Phi) is 15.9. The highest BCUT2D eigenvalue weighted by Gasteiger charge is 2.50. The predicted octanol–water partition coefficient (Wildman–Crippen LogP) is 8.79. The Morgan fingerprint density at radius 2 is 1.33 bits per heavy atom. The molecule has 8 nitrogen and oxygen atoms in total. The maximum Gasteiger partial charge on any atom is 0.305 e. The number of carboxylic acid groups (broad SMARTS) is 1. The Morgan fingerprint density at radius 3 is 1.80 bits per heavy atom. The fourth-order valence-corrected chi connectivity index (χ4v) is 14.7. The number of benzene rings is 3. The molecule has 0 bridgehead atoms. The average Bonchev–Trinajstić information content (AvgIpc) is 3.07. The lowest BCUT2D eigenvalue weighted by molar-refractivity contribution is -0.141. The summed E-state index contributed by atoms with van der Waals surface area (Å²) >= 11 is 0. The first kappa shape index (κ1) is 44.1. The zero-order valence-corrected chi connectivity index (χ0v) is 37.4. The summed E-state index contributed by atoms with van der Waals surface area (Å²) in [5, 5.41) is 12.1. The molecule has 1 N–H and O–H groups in total. The second-order valence-electron chi connectivity index (χ2n) is 17.7. The van der Waals surface area contributed by atoms with Gasteiger partial charge in [0.15, 0.2) is 16.6 Å². The third kappa shape index (κ3) is 13.5. The van der Waals surface area contributed by atoms with Crippen LogP contribution in [0.2, 0.25) is 44.3 Å². The van der Waals surface area contributed by atoms with Crippen LogP contribution in [-0.2, 0) is 34.2 Å². The molecule has 0 saturated carbocycles. The van der Waals surface area contributed by atoms with Gasteiger partial charge in [0.25, 0.3) is 8.32 Å². The molecule has 4 rings (SSSR count). The SMILES string of the molecule is COc1ccc(CO[C@H](CCO[Si](c2ccccc2)(c2ccccc2)C(C)(C)C)C[C@@H]2C[C@@H](O[Si](C)(C)C)C[C@H](CC(CC(=O)O)O[Si](C)(C)C)O2)cc1. The molecule has 3 aromatic carbocycles. The summed E-state index contributed by atoms with van der Waals surface area (Å²) in [5.41, 5.74) is 1.07. The highest BCUT2D eigenvalue weighted by molar-refractivity contribution is 6.99. The minimum absolute atomic E-state index is 0.0216. The summed E-state index contributed by atoms with van der Waals surface area (Å²) in [5.74, 6) is -0.0446. The monoisotopic (exact) mass is 794 g/mol. The van der Waals surface area contributed by atoms with Crippen LogP contribution in [0.1, 0.15) is 64.9 Å². The first-order chi connectivity index (χ1) is 25.4. The van der Waals surface area contributed by atoms with Gasteiger partial charge in [-0.05, 0) is 104 Å². The summed E-state index contributed by atoms with van der Waals surface area (Å²) in [4.78, 5) is 11.9. The highest BCUT2D eigenvalue weighted by atomic mass is 28.4. The van der Waals surface area contributed by atoms with E-state index in [1.165, 1.54) is 10.4 Å². The third-order valence-electron chi connectivity index (χ3n) is 9.75. The molecule has 0 aromatic heterocycles. The Hall–Kier alpha value is -2.62. The molecule has 0 amide bonds. The van der Waals surface area contributed by atoms with Crippen LogP contribution in [0.25, 0.3) is 0 Å². The van der Waals surface area contributed by atoms with Crippen molar-refractivity contribution < 1.29 is 37.4 Å². The van der Waals surface area contributed by atoms with Gasteiger partial charge in [0.05, 0.1) is 44.6 Å². The van der Waals surface area contributed by atoms with E-state index in [0.29, 0.717) is 32.5 Å². The molecule has 5 atom stereocenters. The Balaban J connectivity index is 1.61. The molecule has 0 aliphatic carbocycles. The lowest BCUT2D eigenvalue weighted by Gasteiger charge is -2.43. The van der Waals surface area contributed by atoms with Crippen LogP contribution in [-0.4, -0.2) is 80.3 Å². The predicted molar refractivity (Wildman–Crippen MR) is 226 cm³/mol. The van der Waals surface area contributed by atoms with Crippen LogP contribution in [0.15, 0.2) is 84.9 Å². The van der Waals surface area contributed by atoms with Crippen molar-refractivity contribution in [3.8, 4) is 5.75 Å². The number of ether oxygens (including phenoxy) is 3. The van der Waals surface area contributed by atoms with E-state index in [-0.39, 0.29) is 35.9 Å². The first-order valence-electron chi connectivity index (χ1n) is 19.6. The van der Waals surface area contributed by atoms with E-state index in [1.807, 2.05) is 24.3 Å². The van der Waals surface area contributed by atoms with Crippen molar-refractivity contribution in [2.75, 3.05) is 13.7 Å². The van der Waals surface area contributed by atoms with Crippen molar-refractivity contribution in [3.63, 3.8) is 0 Å². The summed E-state index contributed by atoms with van der Waals surface area (Å²) in [6.07, 6.45) is 2.46. The zero-order valence-electron chi connectivity index (χ0n) is 34.4. The molecule has 1 fully saturated rings. The fraction of sp³-hybridized carbons (Fsp3) is 0.558. The van der Waals surface area contributed by atoms with Crippen molar-refractivity contribution in [1.82, 2.24) is 0 Å².